The van der Waals surface area contributed by atoms with Gasteiger partial charge in [-0.1, -0.05) is 44.0 Å². The van der Waals surface area contributed by atoms with E-state index >= 15 is 0 Å². The predicted molar refractivity (Wildman–Crippen MR) is 66.7 cm³/mol. The van der Waals surface area contributed by atoms with Crippen LogP contribution in [-0.4, -0.2) is 0 Å². The van der Waals surface area contributed by atoms with Crippen molar-refractivity contribution < 1.29 is 0 Å². The third-order valence-corrected chi connectivity index (χ3v) is 3.12. The van der Waals surface area contributed by atoms with E-state index in [0.29, 0.717) is 0 Å². The Morgan fingerprint density at radius 1 is 1.50 bits per heavy atom. The van der Waals surface area contributed by atoms with Crippen LogP contribution in [0.1, 0.15) is 18.0 Å². The number of hydrazine groups is 1. The summed E-state index contributed by atoms with van der Waals surface area (Å²) in [5.41, 5.74) is 3.90. The van der Waals surface area contributed by atoms with Crippen LogP contribution in [0.25, 0.3) is 0 Å². The molecule has 1 aromatic carbocycles. The van der Waals surface area contributed by atoms with E-state index in [4.69, 9.17) is 5.84 Å². The highest BCUT2D eigenvalue weighted by atomic mass is 79.9. The Hall–Kier alpha value is -0.160. The minimum atomic E-state index is 0.106. The molecule has 0 bridgehead atoms. The van der Waals surface area contributed by atoms with Crippen molar-refractivity contribution in [2.24, 2.45) is 5.84 Å². The van der Waals surface area contributed by atoms with Gasteiger partial charge in [-0.05, 0) is 24.1 Å². The first-order valence-electron chi connectivity index (χ1n) is 4.21. The summed E-state index contributed by atoms with van der Waals surface area (Å²) in [5, 5.41) is 0. The molecule has 14 heavy (non-hydrogen) atoms. The molecule has 0 radical (unpaired) electrons. The lowest BCUT2D eigenvalue weighted by Gasteiger charge is -2.16. The highest BCUT2D eigenvalue weighted by molar-refractivity contribution is 9.11. The van der Waals surface area contributed by atoms with Crippen molar-refractivity contribution >= 4 is 31.9 Å². The molecule has 0 spiro atoms. The van der Waals surface area contributed by atoms with Gasteiger partial charge in [0.05, 0.1) is 6.04 Å². The van der Waals surface area contributed by atoms with E-state index in [2.05, 4.69) is 43.9 Å². The minimum absolute atomic E-state index is 0.106. The number of halogens is 2. The molecule has 0 fully saturated rings. The fourth-order valence-electron chi connectivity index (χ4n) is 1.24. The first kappa shape index (κ1) is 11.9. The zero-order valence-electron chi connectivity index (χ0n) is 7.63. The molecular weight excluding hydrogens is 308 g/mol. The Bertz CT molecular complexity index is 326. The smallest absolute Gasteiger partial charge is 0.0505 e. The molecule has 1 rings (SSSR count). The fourth-order valence-corrected chi connectivity index (χ4v) is 2.56. The van der Waals surface area contributed by atoms with Crippen molar-refractivity contribution in [2.75, 3.05) is 0 Å². The first-order chi connectivity index (χ1) is 6.69. The van der Waals surface area contributed by atoms with Gasteiger partial charge in [-0.3, -0.25) is 11.3 Å². The molecule has 76 valence electrons. The van der Waals surface area contributed by atoms with E-state index in [1.54, 1.807) is 0 Å². The average molecular weight is 320 g/mol. The topological polar surface area (TPSA) is 38.0 Å². The Morgan fingerprint density at radius 3 is 2.71 bits per heavy atom. The average Bonchev–Trinajstić information content (AvgIpc) is 2.15. The number of nitrogens with two attached hydrogens (primary N) is 1. The SMILES string of the molecule is C=CCC(NN)c1ccc(Br)cc1Br. The first-order valence-corrected chi connectivity index (χ1v) is 5.79. The van der Waals surface area contributed by atoms with Gasteiger partial charge < -0.3 is 0 Å². The zero-order valence-corrected chi connectivity index (χ0v) is 10.8. The lowest BCUT2D eigenvalue weighted by Crippen LogP contribution is -2.27. The molecule has 0 aliphatic carbocycles. The molecule has 0 saturated heterocycles. The number of benzene rings is 1. The van der Waals surface area contributed by atoms with Crippen LogP contribution in [0.3, 0.4) is 0 Å². The second-order valence-corrected chi connectivity index (χ2v) is 4.68. The van der Waals surface area contributed by atoms with Crippen molar-refractivity contribution in [1.29, 1.82) is 0 Å². The molecule has 0 aliphatic heterocycles. The van der Waals surface area contributed by atoms with Gasteiger partial charge in [0.15, 0.2) is 0 Å². The molecular formula is C10H12Br2N2. The monoisotopic (exact) mass is 318 g/mol. The van der Waals surface area contributed by atoms with Gasteiger partial charge in [0.2, 0.25) is 0 Å². The van der Waals surface area contributed by atoms with Gasteiger partial charge in [0.1, 0.15) is 0 Å². The minimum Gasteiger partial charge on any atom is -0.271 e. The van der Waals surface area contributed by atoms with Gasteiger partial charge in [-0.15, -0.1) is 6.58 Å². The molecule has 0 amide bonds. The van der Waals surface area contributed by atoms with Gasteiger partial charge >= 0.3 is 0 Å². The molecule has 0 aliphatic rings. The van der Waals surface area contributed by atoms with Gasteiger partial charge in [0, 0.05) is 8.95 Å². The summed E-state index contributed by atoms with van der Waals surface area (Å²) in [6.07, 6.45) is 2.65. The number of hydrogen-bond donors (Lipinski definition) is 2. The van der Waals surface area contributed by atoms with Crippen LogP contribution in [-0.2, 0) is 0 Å². The molecule has 0 aromatic heterocycles. The van der Waals surface area contributed by atoms with Crippen molar-refractivity contribution in [3.05, 3.63) is 45.4 Å². The standard InChI is InChI=1S/C10H12Br2N2/c1-2-3-10(14-13)8-5-4-7(11)6-9(8)12/h2,4-6,10,14H,1,3,13H2. The highest BCUT2D eigenvalue weighted by Crippen LogP contribution is 2.28. The van der Waals surface area contributed by atoms with Crippen LogP contribution in [0, 0.1) is 0 Å². The maximum atomic E-state index is 5.47. The molecule has 1 unspecified atom stereocenters. The lowest BCUT2D eigenvalue weighted by molar-refractivity contribution is 0.559. The summed E-state index contributed by atoms with van der Waals surface area (Å²) in [5.74, 6) is 5.47. The third-order valence-electron chi connectivity index (χ3n) is 1.94. The largest absolute Gasteiger partial charge is 0.271 e. The molecule has 4 heteroatoms. The number of nitrogens with one attached hydrogen (secondary N) is 1. The molecule has 1 aromatic rings. The second kappa shape index (κ2) is 5.66. The summed E-state index contributed by atoms with van der Waals surface area (Å²) in [4.78, 5) is 0. The van der Waals surface area contributed by atoms with Crippen molar-refractivity contribution in [3.63, 3.8) is 0 Å². The van der Waals surface area contributed by atoms with Gasteiger partial charge in [0.25, 0.3) is 0 Å². The summed E-state index contributed by atoms with van der Waals surface area (Å²) in [6, 6.07) is 6.13. The predicted octanol–water partition coefficient (Wildman–Crippen LogP) is 3.29. The summed E-state index contributed by atoms with van der Waals surface area (Å²) in [7, 11) is 0. The molecule has 1 atom stereocenters. The van der Waals surface area contributed by atoms with E-state index in [1.165, 1.54) is 0 Å². The molecule has 3 N–H and O–H groups in total. The Balaban J connectivity index is 2.97. The zero-order chi connectivity index (χ0) is 10.6. The lowest BCUT2D eigenvalue weighted by atomic mass is 10.0. The van der Waals surface area contributed by atoms with E-state index in [1.807, 2.05) is 24.3 Å². The molecule has 0 heterocycles. The number of hydrogen-bond acceptors (Lipinski definition) is 2. The maximum absolute atomic E-state index is 5.47. The van der Waals surface area contributed by atoms with E-state index in [-0.39, 0.29) is 6.04 Å². The maximum Gasteiger partial charge on any atom is 0.0505 e. The molecule has 0 saturated carbocycles. The van der Waals surface area contributed by atoms with Crippen LogP contribution >= 0.6 is 31.9 Å². The van der Waals surface area contributed by atoms with E-state index < -0.39 is 0 Å². The van der Waals surface area contributed by atoms with Crippen LogP contribution < -0.4 is 11.3 Å². The van der Waals surface area contributed by atoms with Crippen LogP contribution in [0.15, 0.2) is 39.8 Å². The fraction of sp³-hybridized carbons (Fsp3) is 0.200. The van der Waals surface area contributed by atoms with Crippen molar-refractivity contribution in [3.8, 4) is 0 Å². The summed E-state index contributed by atoms with van der Waals surface area (Å²) >= 11 is 6.90. The van der Waals surface area contributed by atoms with Crippen LogP contribution in [0.2, 0.25) is 0 Å². The van der Waals surface area contributed by atoms with E-state index in [0.717, 1.165) is 20.9 Å². The second-order valence-electron chi connectivity index (χ2n) is 2.91. The van der Waals surface area contributed by atoms with Crippen molar-refractivity contribution in [1.82, 2.24) is 5.43 Å². The summed E-state index contributed by atoms with van der Waals surface area (Å²) < 4.78 is 2.08. The van der Waals surface area contributed by atoms with Crippen molar-refractivity contribution in [2.45, 2.75) is 12.5 Å². The Kier molecular flexibility index (Phi) is 4.81. The third kappa shape index (κ3) is 2.92. The molecule has 2 nitrogen and oxygen atoms in total. The Labute approximate surface area is 101 Å². The summed E-state index contributed by atoms with van der Waals surface area (Å²) in [6.45, 7) is 3.70. The van der Waals surface area contributed by atoms with E-state index in [9.17, 15) is 0 Å². The van der Waals surface area contributed by atoms with Crippen LogP contribution in [0.5, 0.6) is 0 Å². The number of rotatable bonds is 4. The van der Waals surface area contributed by atoms with Gasteiger partial charge in [-0.2, -0.15) is 0 Å². The highest BCUT2D eigenvalue weighted by Gasteiger charge is 2.10. The quantitative estimate of drug-likeness (QED) is 0.508. The normalized spacial score (nSPS) is 12.5. The van der Waals surface area contributed by atoms with Crippen LogP contribution in [0.4, 0.5) is 0 Å². The van der Waals surface area contributed by atoms with Gasteiger partial charge in [-0.25, -0.2) is 0 Å². The Morgan fingerprint density at radius 2 is 2.21 bits per heavy atom.